The fraction of sp³-hybridized carbons (Fsp3) is 0.444. The monoisotopic (exact) mass is 478 g/mol. The largest absolute Gasteiger partial charge is 0.390 e. The lowest BCUT2D eigenvalue weighted by molar-refractivity contribution is 0.0830. The summed E-state index contributed by atoms with van der Waals surface area (Å²) >= 11 is 1.78. The molecule has 3 N–H and O–H groups in total. The van der Waals surface area contributed by atoms with E-state index in [4.69, 9.17) is 0 Å². The summed E-state index contributed by atoms with van der Waals surface area (Å²) in [5, 5.41) is 18.7. The molecule has 1 amide bonds. The maximum atomic E-state index is 13.6. The number of aliphatic hydroxyl groups excluding tert-OH is 1. The van der Waals surface area contributed by atoms with Crippen molar-refractivity contribution in [2.24, 2.45) is 0 Å². The van der Waals surface area contributed by atoms with Crippen molar-refractivity contribution in [2.45, 2.75) is 57.3 Å². The number of hydrogen-bond acceptors (Lipinski definition) is 5. The van der Waals surface area contributed by atoms with E-state index >= 15 is 0 Å². The second-order valence-corrected chi connectivity index (χ2v) is 10.7. The Morgan fingerprint density at radius 1 is 1.24 bits per heavy atom. The molecule has 2 heterocycles. The highest BCUT2D eigenvalue weighted by molar-refractivity contribution is 8.00. The van der Waals surface area contributed by atoms with Crippen LogP contribution in [0.4, 0.5) is 5.69 Å². The van der Waals surface area contributed by atoms with Gasteiger partial charge in [0.15, 0.2) is 0 Å². The SMILES string of the molecule is CCc1cn2c3c(cc(C(=O)N[C@@H](Cc4ccccc4)[C@H](O)CNC4CC4)cc13)N(C)SCC2. The van der Waals surface area contributed by atoms with Crippen LogP contribution >= 0.6 is 11.9 Å². The fourth-order valence-electron chi connectivity index (χ4n) is 4.78. The van der Waals surface area contributed by atoms with E-state index < -0.39 is 6.10 Å². The molecule has 7 heteroatoms. The van der Waals surface area contributed by atoms with Gasteiger partial charge in [0, 0.05) is 49.1 Å². The van der Waals surface area contributed by atoms with E-state index in [1.165, 1.54) is 11.1 Å². The molecule has 0 saturated heterocycles. The molecule has 0 radical (unpaired) electrons. The zero-order valence-corrected chi connectivity index (χ0v) is 20.8. The molecule has 2 aromatic carbocycles. The van der Waals surface area contributed by atoms with Gasteiger partial charge in [0.1, 0.15) is 0 Å². The van der Waals surface area contributed by atoms with Crippen LogP contribution in [0.2, 0.25) is 0 Å². The number of aromatic nitrogens is 1. The van der Waals surface area contributed by atoms with Gasteiger partial charge >= 0.3 is 0 Å². The number of amides is 1. The minimum Gasteiger partial charge on any atom is -0.390 e. The number of carbonyl (C=O) groups excluding carboxylic acids is 1. The Labute approximate surface area is 205 Å². The maximum absolute atomic E-state index is 13.6. The van der Waals surface area contributed by atoms with Crippen LogP contribution in [-0.2, 0) is 19.4 Å². The number of nitrogens with one attached hydrogen (secondary N) is 2. The molecule has 0 unspecified atom stereocenters. The summed E-state index contributed by atoms with van der Waals surface area (Å²) in [5.41, 5.74) is 5.28. The van der Waals surface area contributed by atoms with E-state index in [-0.39, 0.29) is 11.9 Å². The molecule has 6 nitrogen and oxygen atoms in total. The Bertz CT molecular complexity index is 1160. The van der Waals surface area contributed by atoms with Crippen LogP contribution in [0, 0.1) is 0 Å². The normalized spacial score (nSPS) is 17.4. The van der Waals surface area contributed by atoms with Gasteiger partial charge in [0.2, 0.25) is 0 Å². The van der Waals surface area contributed by atoms with Crippen LogP contribution in [0.1, 0.15) is 41.3 Å². The predicted molar refractivity (Wildman–Crippen MR) is 141 cm³/mol. The van der Waals surface area contributed by atoms with Crippen molar-refractivity contribution in [3.05, 3.63) is 65.4 Å². The molecular formula is C27H34N4O2S. The van der Waals surface area contributed by atoms with E-state index in [0.29, 0.717) is 24.6 Å². The van der Waals surface area contributed by atoms with E-state index in [0.717, 1.165) is 48.2 Å². The van der Waals surface area contributed by atoms with Crippen LogP contribution in [0.5, 0.6) is 0 Å². The Hall–Kier alpha value is -2.48. The average molecular weight is 479 g/mol. The van der Waals surface area contributed by atoms with Gasteiger partial charge < -0.3 is 24.6 Å². The zero-order chi connectivity index (χ0) is 23.7. The number of nitrogens with zero attached hydrogens (tertiary/aromatic N) is 2. The highest BCUT2D eigenvalue weighted by Crippen LogP contribution is 2.37. The third-order valence-corrected chi connectivity index (χ3v) is 7.86. The van der Waals surface area contributed by atoms with Gasteiger partial charge in [-0.25, -0.2) is 0 Å². The summed E-state index contributed by atoms with van der Waals surface area (Å²) in [6, 6.07) is 14.2. The van der Waals surface area contributed by atoms with Crippen LogP contribution in [0.15, 0.2) is 48.7 Å². The molecule has 1 saturated carbocycles. The molecule has 180 valence electrons. The summed E-state index contributed by atoms with van der Waals surface area (Å²) < 4.78 is 4.51. The number of carbonyl (C=O) groups is 1. The summed E-state index contributed by atoms with van der Waals surface area (Å²) in [6.07, 6.45) is 5.41. The first-order chi connectivity index (χ1) is 16.5. The summed E-state index contributed by atoms with van der Waals surface area (Å²) in [5.74, 6) is 0.862. The molecule has 1 aliphatic heterocycles. The molecule has 5 rings (SSSR count). The molecule has 0 bridgehead atoms. The maximum Gasteiger partial charge on any atom is 0.251 e. The lowest BCUT2D eigenvalue weighted by Crippen LogP contribution is -2.49. The quantitative estimate of drug-likeness (QED) is 0.409. The second kappa shape index (κ2) is 10.0. The molecule has 3 aromatic rings. The minimum absolute atomic E-state index is 0.137. The van der Waals surface area contributed by atoms with Crippen molar-refractivity contribution >= 4 is 34.4 Å². The Balaban J connectivity index is 1.43. The van der Waals surface area contributed by atoms with Gasteiger partial charge in [-0.05, 0) is 60.9 Å². The lowest BCUT2D eigenvalue weighted by atomic mass is 10.00. The van der Waals surface area contributed by atoms with Gasteiger partial charge in [-0.2, -0.15) is 0 Å². The average Bonchev–Trinajstić information content (AvgIpc) is 3.64. The van der Waals surface area contributed by atoms with Crippen molar-refractivity contribution in [1.82, 2.24) is 15.2 Å². The van der Waals surface area contributed by atoms with Crippen molar-refractivity contribution in [3.63, 3.8) is 0 Å². The fourth-order valence-corrected chi connectivity index (χ4v) is 5.61. The van der Waals surface area contributed by atoms with E-state index in [9.17, 15) is 9.90 Å². The van der Waals surface area contributed by atoms with Gasteiger partial charge in [-0.1, -0.05) is 37.3 Å². The third kappa shape index (κ3) is 4.97. The number of hydrogen-bond donors (Lipinski definition) is 3. The first-order valence-corrected chi connectivity index (χ1v) is 13.3. The van der Waals surface area contributed by atoms with E-state index in [1.54, 1.807) is 11.9 Å². The summed E-state index contributed by atoms with van der Waals surface area (Å²) in [6.45, 7) is 3.60. The van der Waals surface area contributed by atoms with Crippen molar-refractivity contribution < 1.29 is 9.90 Å². The molecule has 34 heavy (non-hydrogen) atoms. The molecule has 1 aliphatic carbocycles. The van der Waals surface area contributed by atoms with Crippen molar-refractivity contribution in [3.8, 4) is 0 Å². The first kappa shape index (κ1) is 23.3. The van der Waals surface area contributed by atoms with Crippen LogP contribution in [0.25, 0.3) is 10.9 Å². The highest BCUT2D eigenvalue weighted by Gasteiger charge is 2.27. The topological polar surface area (TPSA) is 69.5 Å². The molecular weight excluding hydrogens is 444 g/mol. The van der Waals surface area contributed by atoms with Gasteiger partial charge in [0.25, 0.3) is 5.91 Å². The third-order valence-electron chi connectivity index (χ3n) is 6.91. The lowest BCUT2D eigenvalue weighted by Gasteiger charge is -2.25. The van der Waals surface area contributed by atoms with Gasteiger partial charge in [-0.15, -0.1) is 0 Å². The predicted octanol–water partition coefficient (Wildman–Crippen LogP) is 3.76. The molecule has 0 spiro atoms. The van der Waals surface area contributed by atoms with Gasteiger partial charge in [-0.3, -0.25) is 4.79 Å². The molecule has 1 aromatic heterocycles. The van der Waals surface area contributed by atoms with E-state index in [2.05, 4.69) is 39.7 Å². The molecule has 1 fully saturated rings. The van der Waals surface area contributed by atoms with Crippen LogP contribution in [0.3, 0.4) is 0 Å². The zero-order valence-electron chi connectivity index (χ0n) is 20.0. The minimum atomic E-state index is -0.666. The summed E-state index contributed by atoms with van der Waals surface area (Å²) in [7, 11) is 2.07. The Kier molecular flexibility index (Phi) is 6.86. The smallest absolute Gasteiger partial charge is 0.251 e. The molecule has 2 atom stereocenters. The second-order valence-electron chi connectivity index (χ2n) is 9.44. The highest BCUT2D eigenvalue weighted by atomic mass is 32.2. The number of aliphatic hydroxyl groups is 1. The first-order valence-electron chi connectivity index (χ1n) is 12.3. The van der Waals surface area contributed by atoms with Crippen molar-refractivity contribution in [1.29, 1.82) is 0 Å². The van der Waals surface area contributed by atoms with Crippen LogP contribution < -0.4 is 14.9 Å². The van der Waals surface area contributed by atoms with Crippen molar-refractivity contribution in [2.75, 3.05) is 23.7 Å². The van der Waals surface area contributed by atoms with Gasteiger partial charge in [0.05, 0.1) is 23.3 Å². The Morgan fingerprint density at radius 3 is 2.76 bits per heavy atom. The number of benzene rings is 2. The number of aryl methyl sites for hydroxylation is 2. The Morgan fingerprint density at radius 2 is 2.03 bits per heavy atom. The number of anilines is 1. The molecule has 2 aliphatic rings. The standard InChI is InChI=1S/C27H34N4O2S/c1-3-19-17-31-11-12-34-30(2)24-15-20(14-22(19)26(24)31)27(33)29-23(13-18-7-5-4-6-8-18)25(32)16-28-21-9-10-21/h4-8,14-15,17,21,23,25,28,32H,3,9-13,16H2,1-2H3,(H,29,33)/t23-,25+/m0/s1. The van der Waals surface area contributed by atoms with Crippen LogP contribution in [-0.4, -0.2) is 53.1 Å². The summed E-state index contributed by atoms with van der Waals surface area (Å²) in [4.78, 5) is 13.6. The number of rotatable bonds is 9. The van der Waals surface area contributed by atoms with E-state index in [1.807, 2.05) is 42.5 Å².